The minimum atomic E-state index is -4.12. The number of aliphatic hydroxyl groups is 1. The van der Waals surface area contributed by atoms with Gasteiger partial charge in [0.25, 0.3) is 0 Å². The molecule has 33 heavy (non-hydrogen) atoms. The molecule has 2 heterocycles. The van der Waals surface area contributed by atoms with E-state index in [0.29, 0.717) is 0 Å². The second kappa shape index (κ2) is 10.8. The third-order valence-corrected chi connectivity index (χ3v) is 6.97. The molecular weight excluding hydrogens is 525 g/mol. The molecule has 0 radical (unpaired) electrons. The van der Waals surface area contributed by atoms with Crippen LogP contribution < -0.4 is 20.7 Å². The molecule has 0 spiro atoms. The van der Waals surface area contributed by atoms with Gasteiger partial charge in [-0.1, -0.05) is 15.9 Å². The number of ether oxygens (including phenoxy) is 2. The molecule has 2 aliphatic heterocycles. The van der Waals surface area contributed by atoms with E-state index in [0.717, 1.165) is 4.47 Å². The minimum absolute atomic E-state index is 0.00786. The van der Waals surface area contributed by atoms with Gasteiger partial charge in [0.1, 0.15) is 30.8 Å². The number of nitrogens with zero attached hydrogens (tertiary/aromatic N) is 2. The van der Waals surface area contributed by atoms with Gasteiger partial charge in [-0.3, -0.25) is 19.5 Å². The number of methoxy groups -OCH3 is 1. The topological polar surface area (TPSA) is 174 Å². The summed E-state index contributed by atoms with van der Waals surface area (Å²) in [5.74, 6) is -0.463. The van der Waals surface area contributed by atoms with Gasteiger partial charge in [0.2, 0.25) is 0 Å². The summed E-state index contributed by atoms with van der Waals surface area (Å²) in [6.45, 7) is 1.05. The molecular formula is C18H25BrN5O8P. The molecule has 13 nitrogen and oxygen atoms in total. The van der Waals surface area contributed by atoms with Gasteiger partial charge in [-0.25, -0.2) is 14.4 Å². The van der Waals surface area contributed by atoms with E-state index in [-0.39, 0.29) is 31.4 Å². The van der Waals surface area contributed by atoms with E-state index in [1.54, 1.807) is 24.3 Å². The zero-order valence-corrected chi connectivity index (χ0v) is 20.3. The summed E-state index contributed by atoms with van der Waals surface area (Å²) in [5, 5.41) is 15.3. The Hall–Kier alpha value is -2.22. The largest absolute Gasteiger partial charge is 0.468 e. The lowest BCUT2D eigenvalue weighted by molar-refractivity contribution is -0.142. The van der Waals surface area contributed by atoms with Crippen molar-refractivity contribution >= 4 is 41.6 Å². The van der Waals surface area contributed by atoms with Gasteiger partial charge < -0.3 is 24.8 Å². The molecule has 2 unspecified atom stereocenters. The van der Waals surface area contributed by atoms with Crippen molar-refractivity contribution < 1.29 is 37.8 Å². The Morgan fingerprint density at radius 2 is 2.18 bits per heavy atom. The number of guanidine groups is 1. The summed E-state index contributed by atoms with van der Waals surface area (Å²) in [6, 6.07) is 4.94. The first-order chi connectivity index (χ1) is 15.6. The number of aliphatic hydroxyl groups excluding tert-OH is 1. The van der Waals surface area contributed by atoms with Crippen LogP contribution in [0.1, 0.15) is 13.3 Å². The molecule has 0 saturated carbocycles. The first kappa shape index (κ1) is 25.4. The monoisotopic (exact) mass is 549 g/mol. The van der Waals surface area contributed by atoms with Crippen LogP contribution in [0.15, 0.2) is 33.7 Å². The highest BCUT2D eigenvalue weighted by atomic mass is 79.9. The van der Waals surface area contributed by atoms with E-state index in [2.05, 4.69) is 36.1 Å². The van der Waals surface area contributed by atoms with Gasteiger partial charge in [-0.15, -0.1) is 0 Å². The standard InChI is InChI=1S/C18H25BrN5O8P/c1-10(16(26)29-2)23-33(28,32-12-5-3-11(19)4-6-12)30-8-14-13(25)7-15(31-14)24-9-21-17(20)22-18(24)27/h3-6,10,13-15,25H,7-9H2,1-2H3,(H,23,28)(H3,20,21,22,27)/t10?,13-,14+,15+,33?/m0/s1. The Labute approximate surface area is 198 Å². The van der Waals surface area contributed by atoms with E-state index in [9.17, 15) is 19.3 Å². The van der Waals surface area contributed by atoms with Gasteiger partial charge in [0, 0.05) is 10.9 Å². The zero-order chi connectivity index (χ0) is 24.2. The molecule has 1 aromatic rings. The van der Waals surface area contributed by atoms with E-state index in [1.165, 1.54) is 18.9 Å². The molecule has 182 valence electrons. The summed E-state index contributed by atoms with van der Waals surface area (Å²) < 4.78 is 35.6. The number of amides is 2. The van der Waals surface area contributed by atoms with Crippen LogP contribution in [0.25, 0.3) is 0 Å². The molecule has 1 saturated heterocycles. The zero-order valence-electron chi connectivity index (χ0n) is 17.8. The van der Waals surface area contributed by atoms with Gasteiger partial charge >= 0.3 is 19.7 Å². The maximum absolute atomic E-state index is 13.4. The molecule has 1 aromatic carbocycles. The normalized spacial score (nSPS) is 25.6. The number of carbonyl (C=O) groups excluding carboxylic acids is 2. The number of carbonyl (C=O) groups is 2. The number of nitrogens with one attached hydrogen (secondary N) is 2. The SMILES string of the molecule is COC(=O)C(C)NP(=O)(OC[C@H]1O[C@@H](N2CN=C(N)NC2=O)C[C@@H]1O)Oc1ccc(Br)cc1. The van der Waals surface area contributed by atoms with Crippen LogP contribution >= 0.6 is 23.7 Å². The Bertz CT molecular complexity index is 948. The van der Waals surface area contributed by atoms with Crippen LogP contribution in [0.4, 0.5) is 4.79 Å². The third kappa shape index (κ3) is 6.65. The Morgan fingerprint density at radius 3 is 2.82 bits per heavy atom. The lowest BCUT2D eigenvalue weighted by Crippen LogP contribution is -2.54. The van der Waals surface area contributed by atoms with Crippen molar-refractivity contribution in [3.63, 3.8) is 0 Å². The quantitative estimate of drug-likeness (QED) is 0.255. The van der Waals surface area contributed by atoms with Gasteiger partial charge in [0.15, 0.2) is 5.96 Å². The molecule has 3 rings (SSSR count). The van der Waals surface area contributed by atoms with Crippen molar-refractivity contribution in [2.75, 3.05) is 20.4 Å². The maximum atomic E-state index is 13.4. The van der Waals surface area contributed by atoms with Crippen LogP contribution in [-0.2, 0) is 23.4 Å². The summed E-state index contributed by atoms with van der Waals surface area (Å²) >= 11 is 3.30. The highest BCUT2D eigenvalue weighted by Crippen LogP contribution is 2.46. The summed E-state index contributed by atoms with van der Waals surface area (Å²) in [6.07, 6.45) is -2.66. The number of esters is 1. The average molecular weight is 550 g/mol. The second-order valence-electron chi connectivity index (χ2n) is 7.23. The van der Waals surface area contributed by atoms with Crippen LogP contribution in [0.5, 0.6) is 5.75 Å². The first-order valence-corrected chi connectivity index (χ1v) is 12.2. The lowest BCUT2D eigenvalue weighted by Gasteiger charge is -2.30. The first-order valence-electron chi connectivity index (χ1n) is 9.86. The molecule has 0 aliphatic carbocycles. The summed E-state index contributed by atoms with van der Waals surface area (Å²) in [7, 11) is -2.93. The van der Waals surface area contributed by atoms with E-state index < -0.39 is 44.2 Å². The fourth-order valence-corrected chi connectivity index (χ4v) is 4.85. The Balaban J connectivity index is 1.67. The van der Waals surface area contributed by atoms with E-state index in [1.807, 2.05) is 0 Å². The maximum Gasteiger partial charge on any atom is 0.459 e. The molecule has 0 bridgehead atoms. The number of aliphatic imine (C=N–C) groups is 1. The number of hydrogen-bond acceptors (Lipinski definition) is 10. The Morgan fingerprint density at radius 1 is 1.48 bits per heavy atom. The average Bonchev–Trinajstić information content (AvgIpc) is 3.13. The number of urea groups is 1. The molecule has 15 heteroatoms. The van der Waals surface area contributed by atoms with Crippen molar-refractivity contribution in [1.29, 1.82) is 0 Å². The molecule has 1 fully saturated rings. The molecule has 5 atom stereocenters. The number of nitrogens with two attached hydrogens (primary N) is 1. The highest BCUT2D eigenvalue weighted by Gasteiger charge is 2.42. The summed E-state index contributed by atoms with van der Waals surface area (Å²) in [4.78, 5) is 29.1. The van der Waals surface area contributed by atoms with Crippen LogP contribution in [-0.4, -0.2) is 72.8 Å². The van der Waals surface area contributed by atoms with Crippen molar-refractivity contribution in [1.82, 2.24) is 15.3 Å². The van der Waals surface area contributed by atoms with E-state index in [4.69, 9.17) is 19.5 Å². The third-order valence-electron chi connectivity index (χ3n) is 4.80. The molecule has 2 aliphatic rings. The number of hydrogen-bond donors (Lipinski definition) is 4. The second-order valence-corrected chi connectivity index (χ2v) is 9.84. The van der Waals surface area contributed by atoms with E-state index >= 15 is 0 Å². The van der Waals surface area contributed by atoms with Crippen molar-refractivity contribution in [3.8, 4) is 5.75 Å². The molecule has 0 aromatic heterocycles. The number of benzene rings is 1. The number of halogens is 1. The van der Waals surface area contributed by atoms with Crippen molar-refractivity contribution in [2.24, 2.45) is 10.7 Å². The van der Waals surface area contributed by atoms with Crippen LogP contribution in [0, 0.1) is 0 Å². The fourth-order valence-electron chi connectivity index (χ4n) is 3.08. The van der Waals surface area contributed by atoms with Crippen LogP contribution in [0.3, 0.4) is 0 Å². The molecule has 2 amide bonds. The molecule has 5 N–H and O–H groups in total. The van der Waals surface area contributed by atoms with Gasteiger partial charge in [-0.05, 0) is 31.2 Å². The smallest absolute Gasteiger partial charge is 0.459 e. The van der Waals surface area contributed by atoms with Gasteiger partial charge in [0.05, 0.1) is 19.8 Å². The highest BCUT2D eigenvalue weighted by molar-refractivity contribution is 9.10. The van der Waals surface area contributed by atoms with Gasteiger partial charge in [-0.2, -0.15) is 5.09 Å². The van der Waals surface area contributed by atoms with Crippen molar-refractivity contribution in [3.05, 3.63) is 28.7 Å². The fraction of sp³-hybridized carbons (Fsp3) is 0.500. The van der Waals surface area contributed by atoms with Crippen LogP contribution in [0.2, 0.25) is 0 Å². The predicted molar refractivity (Wildman–Crippen MR) is 119 cm³/mol. The lowest BCUT2D eigenvalue weighted by atomic mass is 10.2. The number of rotatable bonds is 9. The predicted octanol–water partition coefficient (Wildman–Crippen LogP) is 0.877. The minimum Gasteiger partial charge on any atom is -0.468 e. The van der Waals surface area contributed by atoms with Crippen molar-refractivity contribution in [2.45, 2.75) is 37.8 Å². The Kier molecular flexibility index (Phi) is 8.32. The summed E-state index contributed by atoms with van der Waals surface area (Å²) in [5.41, 5.74) is 5.47.